The summed E-state index contributed by atoms with van der Waals surface area (Å²) in [7, 11) is 0. The second kappa shape index (κ2) is 7.02. The summed E-state index contributed by atoms with van der Waals surface area (Å²) in [6.07, 6.45) is 0. The van der Waals surface area contributed by atoms with E-state index in [0.717, 1.165) is 0 Å². The molecule has 4 rings (SSSR count). The molecule has 1 aromatic heterocycles. The number of carbonyl (C=O) groups excluding carboxylic acids is 1. The van der Waals surface area contributed by atoms with Crippen LogP contribution in [0.4, 0.5) is 11.6 Å². The van der Waals surface area contributed by atoms with Crippen LogP contribution in [0.15, 0.2) is 59.8 Å². The molecule has 2 aromatic carbocycles. The molecule has 9 nitrogen and oxygen atoms in total. The molecule has 3 aromatic rings. The molecule has 29 heavy (non-hydrogen) atoms. The van der Waals surface area contributed by atoms with Crippen LogP contribution in [-0.4, -0.2) is 25.6 Å². The van der Waals surface area contributed by atoms with E-state index in [1.165, 1.54) is 10.7 Å². The highest BCUT2D eigenvalue weighted by Crippen LogP contribution is 2.39. The predicted molar refractivity (Wildman–Crippen MR) is 107 cm³/mol. The van der Waals surface area contributed by atoms with Crippen molar-refractivity contribution in [3.05, 3.63) is 80.5 Å². The minimum Gasteiger partial charge on any atom is -0.366 e. The standard InChI is InChI=1S/C19H15ClN6O3/c1-10-15(17(21)27)16(13-7-2-3-8-14(13)26(28)29)25-19(22-10)23-18(24-25)11-5-4-6-12(20)9-11/h2-9,16H,1H3,(H2,21,27)(H,22,23,24)/t16-/m1/s1. The molecule has 3 N–H and O–H groups in total. The van der Waals surface area contributed by atoms with Crippen molar-refractivity contribution in [3.63, 3.8) is 0 Å². The van der Waals surface area contributed by atoms with E-state index in [-0.39, 0.29) is 16.8 Å². The number of nitrogens with one attached hydrogen (secondary N) is 1. The molecule has 0 bridgehead atoms. The van der Waals surface area contributed by atoms with Crippen LogP contribution in [0.3, 0.4) is 0 Å². The lowest BCUT2D eigenvalue weighted by molar-refractivity contribution is -0.385. The number of nitrogens with two attached hydrogens (primary N) is 1. The van der Waals surface area contributed by atoms with Gasteiger partial charge in [-0.3, -0.25) is 14.9 Å². The number of fused-ring (bicyclic) bond motifs is 1. The van der Waals surface area contributed by atoms with E-state index in [9.17, 15) is 14.9 Å². The third kappa shape index (κ3) is 3.21. The van der Waals surface area contributed by atoms with Crippen molar-refractivity contribution >= 4 is 29.1 Å². The highest BCUT2D eigenvalue weighted by molar-refractivity contribution is 6.30. The number of nitro benzene ring substituents is 1. The van der Waals surface area contributed by atoms with Crippen molar-refractivity contribution in [2.45, 2.75) is 13.0 Å². The molecule has 1 aliphatic rings. The van der Waals surface area contributed by atoms with Crippen LogP contribution in [0.1, 0.15) is 18.5 Å². The summed E-state index contributed by atoms with van der Waals surface area (Å²) in [4.78, 5) is 27.8. The molecule has 0 saturated heterocycles. The van der Waals surface area contributed by atoms with Crippen molar-refractivity contribution in [1.29, 1.82) is 0 Å². The minimum absolute atomic E-state index is 0.142. The van der Waals surface area contributed by atoms with Gasteiger partial charge in [0.25, 0.3) is 5.69 Å². The molecule has 10 heteroatoms. The highest BCUT2D eigenvalue weighted by Gasteiger charge is 2.36. The number of amides is 1. The fraction of sp³-hybridized carbons (Fsp3) is 0.105. The Balaban J connectivity index is 1.94. The van der Waals surface area contributed by atoms with E-state index in [0.29, 0.717) is 28.1 Å². The number of halogens is 1. The van der Waals surface area contributed by atoms with Crippen molar-refractivity contribution in [2.24, 2.45) is 5.73 Å². The normalized spacial score (nSPS) is 15.6. The number of benzene rings is 2. The zero-order chi connectivity index (χ0) is 20.7. The first-order chi connectivity index (χ1) is 13.9. The van der Waals surface area contributed by atoms with E-state index in [1.807, 2.05) is 0 Å². The third-order valence-corrected chi connectivity index (χ3v) is 4.86. The van der Waals surface area contributed by atoms with Gasteiger partial charge in [0.15, 0.2) is 5.82 Å². The summed E-state index contributed by atoms with van der Waals surface area (Å²) in [6.45, 7) is 1.67. The number of primary amides is 1. The average Bonchev–Trinajstić information content (AvgIpc) is 3.10. The molecule has 1 amide bonds. The van der Waals surface area contributed by atoms with Gasteiger partial charge in [0, 0.05) is 22.3 Å². The minimum atomic E-state index is -0.897. The average molecular weight is 411 g/mol. The summed E-state index contributed by atoms with van der Waals surface area (Å²) in [6, 6.07) is 12.3. The third-order valence-electron chi connectivity index (χ3n) is 4.63. The molecule has 0 fully saturated rings. The molecule has 1 aliphatic heterocycles. The van der Waals surface area contributed by atoms with Crippen molar-refractivity contribution in [3.8, 4) is 11.4 Å². The molecule has 0 saturated carbocycles. The van der Waals surface area contributed by atoms with Crippen molar-refractivity contribution in [1.82, 2.24) is 14.8 Å². The largest absolute Gasteiger partial charge is 0.366 e. The summed E-state index contributed by atoms with van der Waals surface area (Å²) < 4.78 is 1.44. The number of carbonyl (C=O) groups is 1. The Labute approximate surface area is 170 Å². The molecule has 2 heterocycles. The number of rotatable bonds is 4. The number of hydrogen-bond acceptors (Lipinski definition) is 6. The number of nitrogens with zero attached hydrogens (tertiary/aromatic N) is 4. The molecule has 0 unspecified atom stereocenters. The number of hydrogen-bond donors (Lipinski definition) is 2. The Kier molecular flexibility index (Phi) is 4.51. The lowest BCUT2D eigenvalue weighted by Crippen LogP contribution is -2.32. The van der Waals surface area contributed by atoms with Crippen molar-refractivity contribution in [2.75, 3.05) is 5.32 Å². The van der Waals surface area contributed by atoms with Gasteiger partial charge >= 0.3 is 0 Å². The fourth-order valence-corrected chi connectivity index (χ4v) is 3.58. The van der Waals surface area contributed by atoms with Crippen LogP contribution >= 0.6 is 11.6 Å². The first-order valence-corrected chi connectivity index (χ1v) is 8.98. The van der Waals surface area contributed by atoms with E-state index >= 15 is 0 Å². The summed E-state index contributed by atoms with van der Waals surface area (Å²) >= 11 is 6.07. The number of aromatic nitrogens is 3. The number of allylic oxidation sites excluding steroid dienone is 1. The maximum atomic E-state index is 12.2. The molecule has 146 valence electrons. The number of nitro groups is 1. The molecular formula is C19H15ClN6O3. The first-order valence-electron chi connectivity index (χ1n) is 8.60. The van der Waals surface area contributed by atoms with Crippen LogP contribution in [0.25, 0.3) is 11.4 Å². The van der Waals surface area contributed by atoms with Gasteiger partial charge in [-0.15, -0.1) is 5.10 Å². The predicted octanol–water partition coefficient (Wildman–Crippen LogP) is 3.28. The summed E-state index contributed by atoms with van der Waals surface area (Å²) in [5.41, 5.74) is 7.07. The molecule has 0 radical (unpaired) electrons. The Hall–Kier alpha value is -3.72. The zero-order valence-electron chi connectivity index (χ0n) is 15.2. The van der Waals surface area contributed by atoms with Crippen LogP contribution in [0.5, 0.6) is 0 Å². The van der Waals surface area contributed by atoms with E-state index < -0.39 is 16.9 Å². The fourth-order valence-electron chi connectivity index (χ4n) is 3.39. The van der Waals surface area contributed by atoms with Gasteiger partial charge in [-0.25, -0.2) is 4.68 Å². The highest BCUT2D eigenvalue weighted by atomic mass is 35.5. The van der Waals surface area contributed by atoms with Gasteiger partial charge < -0.3 is 11.1 Å². The number of para-hydroxylation sites is 1. The van der Waals surface area contributed by atoms with Crippen LogP contribution in [0.2, 0.25) is 5.02 Å². The molecule has 0 spiro atoms. The van der Waals surface area contributed by atoms with Crippen LogP contribution in [0, 0.1) is 10.1 Å². The van der Waals surface area contributed by atoms with Crippen molar-refractivity contribution < 1.29 is 9.72 Å². The topological polar surface area (TPSA) is 129 Å². The Morgan fingerprint density at radius 3 is 2.72 bits per heavy atom. The van der Waals surface area contributed by atoms with Gasteiger partial charge in [0.05, 0.1) is 16.1 Å². The Bertz CT molecular complexity index is 1190. The molecular weight excluding hydrogens is 396 g/mol. The van der Waals surface area contributed by atoms with Gasteiger partial charge in [-0.05, 0) is 25.1 Å². The summed E-state index contributed by atoms with van der Waals surface area (Å²) in [5.74, 6) is -0.00802. The molecule has 0 aliphatic carbocycles. The second-order valence-electron chi connectivity index (χ2n) is 6.46. The Morgan fingerprint density at radius 1 is 1.28 bits per heavy atom. The quantitative estimate of drug-likeness (QED) is 0.501. The monoisotopic (exact) mass is 410 g/mol. The van der Waals surface area contributed by atoms with E-state index in [2.05, 4.69) is 15.4 Å². The zero-order valence-corrected chi connectivity index (χ0v) is 15.9. The lowest BCUT2D eigenvalue weighted by Gasteiger charge is -2.27. The SMILES string of the molecule is CC1=C(C(N)=O)[C@@H](c2ccccc2[N+](=O)[O-])n2nc(-c3cccc(Cl)c3)nc2N1. The maximum Gasteiger partial charge on any atom is 0.275 e. The first kappa shape index (κ1) is 18.6. The second-order valence-corrected chi connectivity index (χ2v) is 6.90. The lowest BCUT2D eigenvalue weighted by atomic mass is 9.94. The van der Waals surface area contributed by atoms with E-state index in [4.69, 9.17) is 17.3 Å². The van der Waals surface area contributed by atoms with E-state index in [1.54, 1.807) is 49.4 Å². The maximum absolute atomic E-state index is 12.2. The van der Waals surface area contributed by atoms with Crippen LogP contribution < -0.4 is 11.1 Å². The van der Waals surface area contributed by atoms with Crippen LogP contribution in [-0.2, 0) is 4.79 Å². The van der Waals surface area contributed by atoms with Gasteiger partial charge in [-0.2, -0.15) is 4.98 Å². The van der Waals surface area contributed by atoms with Gasteiger partial charge in [-0.1, -0.05) is 35.9 Å². The summed E-state index contributed by atoms with van der Waals surface area (Å²) in [5, 5.41) is 19.6. The number of anilines is 1. The smallest absolute Gasteiger partial charge is 0.275 e. The molecule has 1 atom stereocenters. The van der Waals surface area contributed by atoms with Gasteiger partial charge in [0.1, 0.15) is 6.04 Å². The Morgan fingerprint density at radius 2 is 2.03 bits per heavy atom. The van der Waals surface area contributed by atoms with Gasteiger partial charge in [0.2, 0.25) is 11.9 Å².